The molecule has 2 atom stereocenters. The number of fused-ring (bicyclic) bond motifs is 3. The molecule has 2 aliphatic rings. The summed E-state index contributed by atoms with van der Waals surface area (Å²) >= 11 is 0. The van der Waals surface area contributed by atoms with Gasteiger partial charge in [0.1, 0.15) is 5.82 Å². The molecule has 0 spiro atoms. The fourth-order valence-electron chi connectivity index (χ4n) is 3.09. The Hall–Kier alpha value is -2.42. The van der Waals surface area contributed by atoms with Crippen molar-refractivity contribution in [3.63, 3.8) is 0 Å². The number of carbonyl (C=O) groups is 1. The van der Waals surface area contributed by atoms with Crippen LogP contribution in [0.15, 0.2) is 18.5 Å². The molecule has 0 radical (unpaired) electrons. The number of pyridine rings is 1. The van der Waals surface area contributed by atoms with Gasteiger partial charge in [-0.05, 0) is 6.42 Å². The van der Waals surface area contributed by atoms with E-state index in [1.54, 1.807) is 10.9 Å². The van der Waals surface area contributed by atoms with E-state index < -0.39 is 17.5 Å². The van der Waals surface area contributed by atoms with Gasteiger partial charge in [0.05, 0.1) is 36.8 Å². The third kappa shape index (κ3) is 2.37. The number of halogens is 2. The van der Waals surface area contributed by atoms with Crippen molar-refractivity contribution in [2.75, 3.05) is 13.1 Å². The molecule has 9 heteroatoms. The number of aromatic nitrogens is 4. The van der Waals surface area contributed by atoms with Crippen LogP contribution in [-0.2, 0) is 11.3 Å². The van der Waals surface area contributed by atoms with Crippen LogP contribution < -0.4 is 0 Å². The van der Waals surface area contributed by atoms with Gasteiger partial charge in [-0.3, -0.25) is 4.79 Å². The SMILES string of the molecule is O=C(c1ncc(F)cc1F)N1CC[C@@H]2OCc3cnnn3[C@@H]2C1. The van der Waals surface area contributed by atoms with E-state index in [0.717, 1.165) is 11.9 Å². The van der Waals surface area contributed by atoms with E-state index in [-0.39, 0.29) is 17.8 Å². The monoisotopic (exact) mass is 321 g/mol. The van der Waals surface area contributed by atoms with Gasteiger partial charge in [0.25, 0.3) is 5.91 Å². The first-order valence-electron chi connectivity index (χ1n) is 7.24. The molecule has 2 aliphatic heterocycles. The van der Waals surface area contributed by atoms with Gasteiger partial charge in [0.2, 0.25) is 0 Å². The minimum absolute atomic E-state index is 0.0562. The largest absolute Gasteiger partial charge is 0.370 e. The lowest BCUT2D eigenvalue weighted by Crippen LogP contribution is -2.50. The van der Waals surface area contributed by atoms with Crippen LogP contribution in [0, 0.1) is 11.6 Å². The van der Waals surface area contributed by atoms with Gasteiger partial charge in [-0.15, -0.1) is 5.10 Å². The number of rotatable bonds is 1. The highest BCUT2D eigenvalue weighted by atomic mass is 19.1. The molecule has 120 valence electrons. The Morgan fingerprint density at radius 2 is 2.22 bits per heavy atom. The summed E-state index contributed by atoms with van der Waals surface area (Å²) in [6, 6.07) is 0.495. The summed E-state index contributed by atoms with van der Waals surface area (Å²) in [5.74, 6) is -2.34. The van der Waals surface area contributed by atoms with E-state index in [1.807, 2.05) is 0 Å². The summed E-state index contributed by atoms with van der Waals surface area (Å²) in [5, 5.41) is 7.91. The molecular weight excluding hydrogens is 308 g/mol. The lowest BCUT2D eigenvalue weighted by Gasteiger charge is -2.40. The molecule has 7 nitrogen and oxygen atoms in total. The van der Waals surface area contributed by atoms with Crippen LogP contribution in [0.4, 0.5) is 8.78 Å². The molecule has 1 amide bonds. The van der Waals surface area contributed by atoms with Gasteiger partial charge < -0.3 is 9.64 Å². The maximum Gasteiger partial charge on any atom is 0.275 e. The predicted molar refractivity (Wildman–Crippen MR) is 72.3 cm³/mol. The minimum Gasteiger partial charge on any atom is -0.370 e. The lowest BCUT2D eigenvalue weighted by atomic mass is 10.00. The predicted octanol–water partition coefficient (Wildman–Crippen LogP) is 0.937. The topological polar surface area (TPSA) is 73.1 Å². The van der Waals surface area contributed by atoms with Crippen molar-refractivity contribution in [2.45, 2.75) is 25.2 Å². The molecule has 2 aromatic rings. The van der Waals surface area contributed by atoms with E-state index in [2.05, 4.69) is 15.3 Å². The molecule has 1 fully saturated rings. The van der Waals surface area contributed by atoms with Crippen molar-refractivity contribution in [3.8, 4) is 0 Å². The van der Waals surface area contributed by atoms with Crippen molar-refractivity contribution < 1.29 is 18.3 Å². The Balaban J connectivity index is 1.59. The summed E-state index contributed by atoms with van der Waals surface area (Å²) in [6.45, 7) is 1.18. The number of hydrogen-bond donors (Lipinski definition) is 0. The number of likely N-dealkylation sites (tertiary alicyclic amines) is 1. The maximum absolute atomic E-state index is 13.8. The van der Waals surface area contributed by atoms with Crippen LogP contribution in [0.25, 0.3) is 0 Å². The van der Waals surface area contributed by atoms with Gasteiger partial charge >= 0.3 is 0 Å². The third-order valence-electron chi connectivity index (χ3n) is 4.23. The fourth-order valence-corrected chi connectivity index (χ4v) is 3.09. The number of amides is 1. The molecular formula is C14H13F2N5O2. The van der Waals surface area contributed by atoms with Crippen molar-refractivity contribution in [3.05, 3.63) is 41.5 Å². The summed E-state index contributed by atoms with van der Waals surface area (Å²) in [4.78, 5) is 17.5. The first kappa shape index (κ1) is 14.2. The molecule has 4 heterocycles. The molecule has 1 saturated heterocycles. The molecule has 2 aromatic heterocycles. The summed E-state index contributed by atoms with van der Waals surface area (Å²) in [6.07, 6.45) is 3.01. The van der Waals surface area contributed by atoms with Gasteiger partial charge in [0, 0.05) is 19.2 Å². The van der Waals surface area contributed by atoms with E-state index in [1.165, 1.54) is 4.90 Å². The Morgan fingerprint density at radius 3 is 3.04 bits per heavy atom. The van der Waals surface area contributed by atoms with E-state index in [9.17, 15) is 13.6 Å². The molecule has 0 unspecified atom stereocenters. The standard InChI is InChI=1S/C14H13F2N5O2/c15-8-3-10(16)13(17-4-8)14(22)20-2-1-12-11(6-20)21-9(7-23-12)5-18-19-21/h3-5,11-12H,1-2,6-7H2/t11-,12+/m1/s1. The Labute approximate surface area is 129 Å². The Morgan fingerprint density at radius 1 is 1.35 bits per heavy atom. The van der Waals surface area contributed by atoms with E-state index in [4.69, 9.17) is 4.74 Å². The van der Waals surface area contributed by atoms with Gasteiger partial charge in [-0.1, -0.05) is 5.21 Å². The van der Waals surface area contributed by atoms with Crippen LogP contribution in [0.1, 0.15) is 28.6 Å². The molecule has 23 heavy (non-hydrogen) atoms. The van der Waals surface area contributed by atoms with Crippen LogP contribution in [0.5, 0.6) is 0 Å². The highest BCUT2D eigenvalue weighted by molar-refractivity contribution is 5.92. The highest BCUT2D eigenvalue weighted by Gasteiger charge is 2.38. The first-order valence-corrected chi connectivity index (χ1v) is 7.24. The smallest absolute Gasteiger partial charge is 0.275 e. The summed E-state index contributed by atoms with van der Waals surface area (Å²) < 4.78 is 34.2. The van der Waals surface area contributed by atoms with Crippen molar-refractivity contribution >= 4 is 5.91 Å². The van der Waals surface area contributed by atoms with Crippen LogP contribution >= 0.6 is 0 Å². The second-order valence-corrected chi connectivity index (χ2v) is 5.61. The molecule has 0 aliphatic carbocycles. The van der Waals surface area contributed by atoms with Crippen LogP contribution in [-0.4, -0.2) is 50.0 Å². The average molecular weight is 321 g/mol. The first-order chi connectivity index (χ1) is 11.1. The van der Waals surface area contributed by atoms with E-state index >= 15 is 0 Å². The summed E-state index contributed by atoms with van der Waals surface area (Å²) in [5.41, 5.74) is 0.465. The van der Waals surface area contributed by atoms with Crippen LogP contribution in [0.2, 0.25) is 0 Å². The lowest BCUT2D eigenvalue weighted by molar-refractivity contribution is -0.0606. The van der Waals surface area contributed by atoms with Gasteiger partial charge in [-0.2, -0.15) is 0 Å². The molecule has 4 rings (SSSR count). The Kier molecular flexibility index (Phi) is 3.29. The van der Waals surface area contributed by atoms with Crippen LogP contribution in [0.3, 0.4) is 0 Å². The normalized spacial score (nSPS) is 23.3. The maximum atomic E-state index is 13.8. The quantitative estimate of drug-likeness (QED) is 0.781. The zero-order valence-electron chi connectivity index (χ0n) is 12.0. The second kappa shape index (κ2) is 5.34. The molecule has 0 N–H and O–H groups in total. The summed E-state index contributed by atoms with van der Waals surface area (Å²) in [7, 11) is 0. The number of nitrogens with zero attached hydrogens (tertiary/aromatic N) is 5. The number of carbonyl (C=O) groups excluding carboxylic acids is 1. The van der Waals surface area contributed by atoms with Gasteiger partial charge in [0.15, 0.2) is 11.5 Å². The molecule has 0 bridgehead atoms. The zero-order chi connectivity index (χ0) is 16.0. The third-order valence-corrected chi connectivity index (χ3v) is 4.23. The van der Waals surface area contributed by atoms with E-state index in [0.29, 0.717) is 32.2 Å². The highest BCUT2D eigenvalue weighted by Crippen LogP contribution is 2.30. The number of ether oxygens (including phenoxy) is 1. The molecule has 0 saturated carbocycles. The van der Waals surface area contributed by atoms with Crippen molar-refractivity contribution in [2.24, 2.45) is 0 Å². The second-order valence-electron chi connectivity index (χ2n) is 5.61. The fraction of sp³-hybridized carbons (Fsp3) is 0.429. The number of hydrogen-bond acceptors (Lipinski definition) is 5. The number of piperidine rings is 1. The minimum atomic E-state index is -0.960. The van der Waals surface area contributed by atoms with Gasteiger partial charge in [-0.25, -0.2) is 18.4 Å². The average Bonchev–Trinajstić information content (AvgIpc) is 3.03. The van der Waals surface area contributed by atoms with Crippen molar-refractivity contribution in [1.82, 2.24) is 24.9 Å². The molecule has 0 aromatic carbocycles. The van der Waals surface area contributed by atoms with Crippen molar-refractivity contribution in [1.29, 1.82) is 0 Å². The Bertz CT molecular complexity index is 765. The zero-order valence-corrected chi connectivity index (χ0v) is 12.0.